The van der Waals surface area contributed by atoms with Crippen LogP contribution in [0, 0.1) is 0 Å². The van der Waals surface area contributed by atoms with Crippen molar-refractivity contribution < 1.29 is 14.2 Å². The molecule has 2 heterocycles. The molecule has 9 heteroatoms. The number of methoxy groups -OCH3 is 2. The zero-order valence-corrected chi connectivity index (χ0v) is 22.3. The topological polar surface area (TPSA) is 111 Å². The first-order valence-electron chi connectivity index (χ1n) is 13.3. The highest BCUT2D eigenvalue weighted by atomic mass is 16.5. The molecule has 0 fully saturated rings. The van der Waals surface area contributed by atoms with Crippen molar-refractivity contribution in [1.82, 2.24) is 14.6 Å². The van der Waals surface area contributed by atoms with Crippen LogP contribution in [0.25, 0.3) is 21.9 Å². The smallest absolute Gasteiger partial charge is 0.350 e. The number of nitrogens with zero attached hydrogens (tertiary/aromatic N) is 2. The third-order valence-electron chi connectivity index (χ3n) is 6.60. The number of rotatable bonds is 14. The van der Waals surface area contributed by atoms with Crippen LogP contribution in [-0.4, -0.2) is 41.7 Å². The van der Waals surface area contributed by atoms with Crippen LogP contribution in [0.15, 0.2) is 51.1 Å². The van der Waals surface area contributed by atoms with E-state index in [4.69, 9.17) is 14.2 Å². The van der Waals surface area contributed by atoms with Gasteiger partial charge in [-0.15, -0.1) is 4.68 Å². The molecule has 38 heavy (non-hydrogen) atoms. The summed E-state index contributed by atoms with van der Waals surface area (Å²) < 4.78 is 17.3. The molecular formula is C29H36N4O5. The summed E-state index contributed by atoms with van der Waals surface area (Å²) in [5.41, 5.74) is 0.799. The molecule has 2 aromatic heterocycles. The summed E-state index contributed by atoms with van der Waals surface area (Å²) in [4.78, 5) is 31.6. The molecule has 0 atom stereocenters. The number of unbranched alkanes of at least 4 members (excludes halogenated alkanes) is 7. The lowest BCUT2D eigenvalue weighted by molar-refractivity contribution is 0.304. The molecule has 9 nitrogen and oxygen atoms in total. The summed E-state index contributed by atoms with van der Waals surface area (Å²) in [5.74, 6) is 1.79. The van der Waals surface area contributed by atoms with Crippen molar-refractivity contribution in [2.24, 2.45) is 5.10 Å². The monoisotopic (exact) mass is 520 g/mol. The molecule has 4 aromatic rings. The molecule has 0 aliphatic rings. The van der Waals surface area contributed by atoms with Gasteiger partial charge in [-0.3, -0.25) is 4.79 Å². The Kier molecular flexibility index (Phi) is 9.24. The second kappa shape index (κ2) is 13.0. The second-order valence-corrected chi connectivity index (χ2v) is 9.31. The van der Waals surface area contributed by atoms with Gasteiger partial charge in [0.05, 0.1) is 38.1 Å². The van der Waals surface area contributed by atoms with Gasteiger partial charge in [-0.05, 0) is 42.3 Å². The average Bonchev–Trinajstić information content (AvgIpc) is 3.29. The minimum absolute atomic E-state index is 0.233. The highest BCUT2D eigenvalue weighted by Gasteiger charge is 2.15. The zero-order valence-electron chi connectivity index (χ0n) is 22.3. The molecule has 0 aliphatic heterocycles. The highest BCUT2D eigenvalue weighted by Crippen LogP contribution is 2.34. The Hall–Kier alpha value is -4.01. The molecule has 0 unspecified atom stereocenters. The maximum atomic E-state index is 13.1. The maximum absolute atomic E-state index is 13.1. The fourth-order valence-electron chi connectivity index (χ4n) is 4.47. The Bertz CT molecular complexity index is 1500. The standard InChI is InChI=1S/C29H36N4O5/c1-4-5-6-7-8-9-10-11-16-38-21-14-12-20(13-15-21)19-30-33-28(34)27-26(32-29(33)35)22-17-24(36-2)25(37-3)18-23(22)31-27/h12-15,17-19,31H,4-11,16H2,1-3H3,(H,32,35)/b30-19+. The van der Waals surface area contributed by atoms with Gasteiger partial charge in [-0.2, -0.15) is 5.10 Å². The molecular weight excluding hydrogens is 484 g/mol. The van der Waals surface area contributed by atoms with Crippen molar-refractivity contribution in [3.05, 3.63) is 62.8 Å². The summed E-state index contributed by atoms with van der Waals surface area (Å²) in [6.07, 6.45) is 11.5. The van der Waals surface area contributed by atoms with Gasteiger partial charge in [0.1, 0.15) is 11.3 Å². The first kappa shape index (κ1) is 27.0. The predicted octanol–water partition coefficient (Wildman–Crippen LogP) is 5.59. The molecule has 0 amide bonds. The van der Waals surface area contributed by atoms with E-state index in [9.17, 15) is 9.59 Å². The van der Waals surface area contributed by atoms with Crippen LogP contribution in [0.5, 0.6) is 17.2 Å². The summed E-state index contributed by atoms with van der Waals surface area (Å²) in [7, 11) is 3.06. The fourth-order valence-corrected chi connectivity index (χ4v) is 4.47. The molecule has 0 aliphatic carbocycles. The van der Waals surface area contributed by atoms with E-state index < -0.39 is 11.2 Å². The molecule has 0 spiro atoms. The van der Waals surface area contributed by atoms with Gasteiger partial charge in [0, 0.05) is 11.5 Å². The van der Waals surface area contributed by atoms with Gasteiger partial charge in [0.15, 0.2) is 11.5 Å². The third kappa shape index (κ3) is 6.27. The molecule has 0 saturated heterocycles. The second-order valence-electron chi connectivity index (χ2n) is 9.31. The van der Waals surface area contributed by atoms with Crippen molar-refractivity contribution in [3.8, 4) is 17.2 Å². The number of hydrogen-bond donors (Lipinski definition) is 2. The van der Waals surface area contributed by atoms with Crippen LogP contribution < -0.4 is 25.5 Å². The molecule has 0 radical (unpaired) electrons. The summed E-state index contributed by atoms with van der Waals surface area (Å²) in [6, 6.07) is 10.8. The van der Waals surface area contributed by atoms with Gasteiger partial charge in [-0.25, -0.2) is 4.79 Å². The van der Waals surface area contributed by atoms with Crippen LogP contribution in [0.4, 0.5) is 0 Å². The number of nitrogens with one attached hydrogen (secondary N) is 2. The SMILES string of the molecule is CCCCCCCCCCOc1ccc(/C=N/n2c(=O)[nH]c3c([nH]c4cc(OC)c(OC)cc43)c2=O)cc1. The van der Waals surface area contributed by atoms with Crippen LogP contribution in [0.2, 0.25) is 0 Å². The number of aromatic amines is 2. The number of aromatic nitrogens is 3. The minimum Gasteiger partial charge on any atom is -0.494 e. The van der Waals surface area contributed by atoms with Crippen molar-refractivity contribution >= 4 is 28.2 Å². The van der Waals surface area contributed by atoms with Gasteiger partial charge in [0.2, 0.25) is 0 Å². The van der Waals surface area contributed by atoms with E-state index in [0.717, 1.165) is 22.4 Å². The number of benzene rings is 2. The summed E-state index contributed by atoms with van der Waals surface area (Å²) in [5, 5.41) is 4.78. The quantitative estimate of drug-likeness (QED) is 0.166. The molecule has 0 bridgehead atoms. The lowest BCUT2D eigenvalue weighted by atomic mass is 10.1. The third-order valence-corrected chi connectivity index (χ3v) is 6.60. The number of fused-ring (bicyclic) bond motifs is 3. The molecule has 202 valence electrons. The van der Waals surface area contributed by atoms with Gasteiger partial charge in [0.25, 0.3) is 0 Å². The van der Waals surface area contributed by atoms with Crippen LogP contribution in [0.1, 0.15) is 63.9 Å². The molecule has 2 aromatic carbocycles. The van der Waals surface area contributed by atoms with Gasteiger partial charge < -0.3 is 24.2 Å². The van der Waals surface area contributed by atoms with Crippen LogP contribution in [0.3, 0.4) is 0 Å². The number of ether oxygens (including phenoxy) is 3. The van der Waals surface area contributed by atoms with Gasteiger partial charge in [-0.1, -0.05) is 51.9 Å². The first-order chi connectivity index (χ1) is 18.5. The highest BCUT2D eigenvalue weighted by molar-refractivity contribution is 6.05. The van der Waals surface area contributed by atoms with E-state index >= 15 is 0 Å². The van der Waals surface area contributed by atoms with Crippen molar-refractivity contribution in [1.29, 1.82) is 0 Å². The normalized spacial score (nSPS) is 11.6. The predicted molar refractivity (Wildman–Crippen MR) is 151 cm³/mol. The van der Waals surface area contributed by atoms with Crippen LogP contribution >= 0.6 is 0 Å². The molecule has 4 rings (SSSR count). The zero-order chi connectivity index (χ0) is 26.9. The van der Waals surface area contributed by atoms with E-state index in [1.54, 1.807) is 12.1 Å². The van der Waals surface area contributed by atoms with E-state index in [1.165, 1.54) is 65.4 Å². The summed E-state index contributed by atoms with van der Waals surface area (Å²) >= 11 is 0. The lowest BCUT2D eigenvalue weighted by Crippen LogP contribution is -2.32. The molecule has 2 N–H and O–H groups in total. The summed E-state index contributed by atoms with van der Waals surface area (Å²) in [6.45, 7) is 2.93. The molecule has 0 saturated carbocycles. The van der Waals surface area contributed by atoms with E-state index in [1.807, 2.05) is 24.3 Å². The lowest BCUT2D eigenvalue weighted by Gasteiger charge is -2.07. The Morgan fingerprint density at radius 2 is 1.50 bits per heavy atom. The van der Waals surface area contributed by atoms with Crippen molar-refractivity contribution in [2.45, 2.75) is 58.3 Å². The van der Waals surface area contributed by atoms with Gasteiger partial charge >= 0.3 is 11.2 Å². The number of H-pyrrole nitrogens is 2. The van der Waals surface area contributed by atoms with E-state index in [-0.39, 0.29) is 5.52 Å². The van der Waals surface area contributed by atoms with Crippen molar-refractivity contribution in [2.75, 3.05) is 20.8 Å². The first-order valence-corrected chi connectivity index (χ1v) is 13.3. The fraction of sp³-hybridized carbons (Fsp3) is 0.414. The Morgan fingerprint density at radius 1 is 0.842 bits per heavy atom. The van der Waals surface area contributed by atoms with Crippen molar-refractivity contribution in [3.63, 3.8) is 0 Å². The van der Waals surface area contributed by atoms with E-state index in [2.05, 4.69) is 22.0 Å². The maximum Gasteiger partial charge on any atom is 0.350 e. The average molecular weight is 521 g/mol. The van der Waals surface area contributed by atoms with Crippen LogP contribution in [-0.2, 0) is 0 Å². The minimum atomic E-state index is -0.639. The number of hydrogen-bond acceptors (Lipinski definition) is 6. The van der Waals surface area contributed by atoms with E-state index in [0.29, 0.717) is 34.5 Å². The largest absolute Gasteiger partial charge is 0.494 e. The Morgan fingerprint density at radius 3 is 2.18 bits per heavy atom. The Labute approximate surface area is 221 Å². The Balaban J connectivity index is 1.40.